The number of sulfone groups is 1. The number of aromatic nitrogens is 4. The molecule has 1 aromatic heterocycles. The molecule has 0 aliphatic rings. The van der Waals surface area contributed by atoms with Gasteiger partial charge in [-0.25, -0.2) is 13.1 Å². The van der Waals surface area contributed by atoms with Crippen LogP contribution in [-0.2, 0) is 22.6 Å². The van der Waals surface area contributed by atoms with Crippen LogP contribution < -0.4 is 0 Å². The van der Waals surface area contributed by atoms with Crippen LogP contribution in [0.5, 0.6) is 0 Å². The van der Waals surface area contributed by atoms with Crippen LogP contribution in [0.25, 0.3) is 0 Å². The molecule has 0 aliphatic heterocycles. The number of nitrogens with zero attached hydrogens (tertiary/aromatic N) is 4. The summed E-state index contributed by atoms with van der Waals surface area (Å²) in [6, 6.07) is 2.76. The summed E-state index contributed by atoms with van der Waals surface area (Å²) in [7, 11) is -1.82. The Morgan fingerprint density at radius 1 is 1.45 bits per heavy atom. The first-order chi connectivity index (χ1) is 10.2. The van der Waals surface area contributed by atoms with Crippen molar-refractivity contribution >= 4 is 53.8 Å². The van der Waals surface area contributed by atoms with Crippen molar-refractivity contribution in [2.24, 2.45) is 7.05 Å². The Morgan fingerprint density at radius 3 is 2.64 bits per heavy atom. The third kappa shape index (κ3) is 3.67. The van der Waals surface area contributed by atoms with Crippen LogP contribution in [0.15, 0.2) is 22.2 Å². The number of aryl methyl sites for hydroxylation is 1. The SMILES string of the molecule is Cn1nnnc1SCc1c(S(C)(=O)=O)ccc(C(=O)Br)c1Cl. The highest BCUT2D eigenvalue weighted by Crippen LogP contribution is 2.33. The molecule has 0 fully saturated rings. The van der Waals surface area contributed by atoms with Gasteiger partial charge in [0.25, 0.3) is 0 Å². The average Bonchev–Trinajstić information content (AvgIpc) is 2.81. The number of hydrogen-bond donors (Lipinski definition) is 0. The normalized spacial score (nSPS) is 11.6. The van der Waals surface area contributed by atoms with Gasteiger partial charge in [0.2, 0.25) is 9.85 Å². The molecule has 11 heteroatoms. The molecule has 2 aromatic rings. The fourth-order valence-electron chi connectivity index (χ4n) is 1.72. The monoisotopic (exact) mass is 424 g/mol. The molecule has 0 amide bonds. The summed E-state index contributed by atoms with van der Waals surface area (Å²) < 4.78 is 24.9. The van der Waals surface area contributed by atoms with Crippen LogP contribution in [0.4, 0.5) is 0 Å². The minimum atomic E-state index is -3.48. The standard InChI is InChI=1S/C11H10BrClN4O3S2/c1-17-11(14-15-16-17)21-5-7-8(22(2,19)20)4-3-6(9(7)13)10(12)18/h3-4H,5H2,1-2H3. The van der Waals surface area contributed by atoms with Crippen LogP contribution in [0.1, 0.15) is 15.9 Å². The molecule has 1 heterocycles. The lowest BCUT2D eigenvalue weighted by atomic mass is 10.1. The van der Waals surface area contributed by atoms with Crippen molar-refractivity contribution < 1.29 is 13.2 Å². The first-order valence-corrected chi connectivity index (χ1v) is 9.83. The molecule has 22 heavy (non-hydrogen) atoms. The zero-order valence-electron chi connectivity index (χ0n) is 11.4. The van der Waals surface area contributed by atoms with E-state index in [1.165, 1.54) is 28.6 Å². The third-order valence-corrected chi connectivity index (χ3v) is 5.82. The maximum atomic E-state index is 11.9. The number of rotatable bonds is 5. The van der Waals surface area contributed by atoms with Crippen LogP contribution >= 0.6 is 39.3 Å². The van der Waals surface area contributed by atoms with Gasteiger partial charge in [-0.2, -0.15) is 0 Å². The Bertz CT molecular complexity index is 838. The fourth-order valence-corrected chi connectivity index (χ4v) is 4.53. The van der Waals surface area contributed by atoms with Gasteiger partial charge in [-0.05, 0) is 38.5 Å². The molecule has 0 unspecified atom stereocenters. The second-order valence-electron chi connectivity index (χ2n) is 4.32. The Balaban J connectivity index is 2.48. The molecule has 0 saturated heterocycles. The molecule has 118 valence electrons. The Hall–Kier alpha value is -0.970. The number of thioether (sulfide) groups is 1. The third-order valence-electron chi connectivity index (χ3n) is 2.74. The number of carbonyl (C=O) groups excluding carboxylic acids is 1. The van der Waals surface area contributed by atoms with Gasteiger partial charge in [0.05, 0.1) is 9.92 Å². The molecule has 0 spiro atoms. The van der Waals surface area contributed by atoms with Crippen LogP contribution in [0, 0.1) is 0 Å². The number of halogens is 2. The minimum Gasteiger partial charge on any atom is -0.281 e. The average molecular weight is 426 g/mol. The predicted molar refractivity (Wildman–Crippen MR) is 86.2 cm³/mol. The number of hydrogen-bond acceptors (Lipinski definition) is 7. The van der Waals surface area contributed by atoms with Gasteiger partial charge in [0.15, 0.2) is 9.84 Å². The highest BCUT2D eigenvalue weighted by atomic mass is 79.9. The van der Waals surface area contributed by atoms with E-state index in [9.17, 15) is 13.2 Å². The smallest absolute Gasteiger partial charge is 0.229 e. The number of tetrazole rings is 1. The zero-order chi connectivity index (χ0) is 16.5. The van der Waals surface area contributed by atoms with Gasteiger partial charge in [0.1, 0.15) is 0 Å². The fraction of sp³-hybridized carbons (Fsp3) is 0.273. The second kappa shape index (κ2) is 6.65. The summed E-state index contributed by atoms with van der Waals surface area (Å²) in [5.41, 5.74) is 0.559. The summed E-state index contributed by atoms with van der Waals surface area (Å²) in [4.78, 5) is 11.6. The first-order valence-electron chi connectivity index (χ1n) is 5.78. The van der Waals surface area contributed by atoms with E-state index in [4.69, 9.17) is 11.6 Å². The summed E-state index contributed by atoms with van der Waals surface area (Å²) in [5.74, 6) is 0.212. The molecule has 0 bridgehead atoms. The van der Waals surface area contributed by atoms with E-state index in [0.717, 1.165) is 6.26 Å². The molecule has 1 aromatic carbocycles. The molecule has 7 nitrogen and oxygen atoms in total. The molecule has 0 N–H and O–H groups in total. The van der Waals surface area contributed by atoms with E-state index in [2.05, 4.69) is 31.5 Å². The molecular weight excluding hydrogens is 416 g/mol. The van der Waals surface area contributed by atoms with Gasteiger partial charge in [-0.3, -0.25) is 4.79 Å². The van der Waals surface area contributed by atoms with E-state index >= 15 is 0 Å². The van der Waals surface area contributed by atoms with Crippen LogP contribution in [0.2, 0.25) is 5.02 Å². The molecule has 0 radical (unpaired) electrons. The molecule has 0 aliphatic carbocycles. The zero-order valence-corrected chi connectivity index (χ0v) is 15.4. The Labute approximate surface area is 144 Å². The Morgan fingerprint density at radius 2 is 2.14 bits per heavy atom. The summed E-state index contributed by atoms with van der Waals surface area (Å²) in [5, 5.41) is 11.6. The minimum absolute atomic E-state index is 0.0811. The quantitative estimate of drug-likeness (QED) is 0.534. The topological polar surface area (TPSA) is 94.8 Å². The van der Waals surface area contributed by atoms with E-state index in [-0.39, 0.29) is 21.2 Å². The number of carbonyl (C=O) groups is 1. The first kappa shape index (κ1) is 17.4. The largest absolute Gasteiger partial charge is 0.281 e. The Kier molecular flexibility index (Phi) is 5.25. The molecule has 0 saturated carbocycles. The summed E-state index contributed by atoms with van der Waals surface area (Å²) in [6.07, 6.45) is 1.09. The molecule has 2 rings (SSSR count). The van der Waals surface area contributed by atoms with Gasteiger partial charge < -0.3 is 0 Å². The van der Waals surface area contributed by atoms with Gasteiger partial charge >= 0.3 is 0 Å². The van der Waals surface area contributed by atoms with Crippen molar-refractivity contribution in [1.29, 1.82) is 0 Å². The van der Waals surface area contributed by atoms with Crippen molar-refractivity contribution in [2.75, 3.05) is 6.26 Å². The maximum Gasteiger partial charge on any atom is 0.229 e. The van der Waals surface area contributed by atoms with Crippen LogP contribution in [0.3, 0.4) is 0 Å². The van der Waals surface area contributed by atoms with E-state index in [1.807, 2.05) is 0 Å². The second-order valence-corrected chi connectivity index (χ2v) is 8.35. The van der Waals surface area contributed by atoms with Crippen molar-refractivity contribution in [3.05, 3.63) is 28.3 Å². The van der Waals surface area contributed by atoms with Gasteiger partial charge in [0, 0.05) is 30.2 Å². The highest BCUT2D eigenvalue weighted by molar-refractivity contribution is 9.18. The summed E-state index contributed by atoms with van der Waals surface area (Å²) >= 11 is 10.3. The predicted octanol–water partition coefficient (Wildman–Crippen LogP) is 2.09. The summed E-state index contributed by atoms with van der Waals surface area (Å²) in [6.45, 7) is 0. The number of benzene rings is 1. The van der Waals surface area contributed by atoms with Gasteiger partial charge in [-0.15, -0.1) is 5.10 Å². The lowest BCUT2D eigenvalue weighted by Crippen LogP contribution is -2.05. The maximum absolute atomic E-state index is 11.9. The lowest BCUT2D eigenvalue weighted by molar-refractivity contribution is 0.109. The molecule has 0 atom stereocenters. The van der Waals surface area contributed by atoms with Crippen molar-refractivity contribution in [1.82, 2.24) is 20.2 Å². The van der Waals surface area contributed by atoms with Crippen molar-refractivity contribution in [2.45, 2.75) is 15.8 Å². The lowest BCUT2D eigenvalue weighted by Gasteiger charge is -2.12. The van der Waals surface area contributed by atoms with Crippen molar-refractivity contribution in [3.8, 4) is 0 Å². The molecular formula is C11H10BrClN4O3S2. The van der Waals surface area contributed by atoms with E-state index < -0.39 is 14.5 Å². The van der Waals surface area contributed by atoms with E-state index in [0.29, 0.717) is 10.7 Å². The highest BCUT2D eigenvalue weighted by Gasteiger charge is 2.21. The van der Waals surface area contributed by atoms with Gasteiger partial charge in [-0.1, -0.05) is 23.4 Å². The van der Waals surface area contributed by atoms with Crippen LogP contribution in [-0.4, -0.2) is 39.6 Å². The van der Waals surface area contributed by atoms with Crippen molar-refractivity contribution in [3.63, 3.8) is 0 Å². The van der Waals surface area contributed by atoms with E-state index in [1.54, 1.807) is 7.05 Å².